The number of nitrogens with zero attached hydrogens (tertiary/aromatic N) is 2. The van der Waals surface area contributed by atoms with Gasteiger partial charge in [0, 0.05) is 48.2 Å². The Balaban J connectivity index is 1.34. The van der Waals surface area contributed by atoms with Gasteiger partial charge >= 0.3 is 12.1 Å². The third kappa shape index (κ3) is 7.32. The van der Waals surface area contributed by atoms with Crippen molar-refractivity contribution in [1.29, 1.82) is 0 Å². The highest BCUT2D eigenvalue weighted by Crippen LogP contribution is 2.34. The fourth-order valence-electron chi connectivity index (χ4n) is 5.09. The summed E-state index contributed by atoms with van der Waals surface area (Å²) in [6, 6.07) is 18.2. The number of aliphatic hydroxyl groups excluding tert-OH is 1. The Morgan fingerprint density at radius 2 is 1.64 bits per heavy atom. The van der Waals surface area contributed by atoms with Crippen LogP contribution in [0.2, 0.25) is 0 Å². The van der Waals surface area contributed by atoms with E-state index in [-0.39, 0.29) is 44.2 Å². The van der Waals surface area contributed by atoms with Crippen LogP contribution in [0.25, 0.3) is 0 Å². The largest absolute Gasteiger partial charge is 0.488 e. The quantitative estimate of drug-likeness (QED) is 0.314. The number of benzene rings is 3. The molecule has 0 unspecified atom stereocenters. The normalized spacial score (nSPS) is 18.1. The molecule has 2 aliphatic heterocycles. The van der Waals surface area contributed by atoms with E-state index in [1.807, 2.05) is 37.3 Å². The number of hydrogen-bond acceptors (Lipinski definition) is 7. The average molecular weight is 604 g/mol. The predicted molar refractivity (Wildman–Crippen MR) is 165 cm³/mol. The van der Waals surface area contributed by atoms with Crippen molar-refractivity contribution in [3.63, 3.8) is 0 Å². The second-order valence-corrected chi connectivity index (χ2v) is 11.0. The van der Waals surface area contributed by atoms with Gasteiger partial charge in [0.05, 0.1) is 25.6 Å². The van der Waals surface area contributed by atoms with Crippen molar-refractivity contribution < 1.29 is 33.7 Å². The molecule has 0 spiro atoms. The van der Waals surface area contributed by atoms with Crippen LogP contribution in [0.5, 0.6) is 17.2 Å². The van der Waals surface area contributed by atoms with Crippen molar-refractivity contribution in [2.24, 2.45) is 5.92 Å². The van der Waals surface area contributed by atoms with Gasteiger partial charge in [-0.1, -0.05) is 25.1 Å². The predicted octanol–water partition coefficient (Wildman–Crippen LogP) is 4.37. The molecule has 12 heteroatoms. The fourth-order valence-corrected chi connectivity index (χ4v) is 5.09. The number of rotatable bonds is 7. The van der Waals surface area contributed by atoms with Crippen molar-refractivity contribution in [2.45, 2.75) is 32.4 Å². The topological polar surface area (TPSA) is 142 Å². The van der Waals surface area contributed by atoms with Gasteiger partial charge in [-0.15, -0.1) is 0 Å². The first-order valence-corrected chi connectivity index (χ1v) is 14.4. The van der Waals surface area contributed by atoms with E-state index in [0.29, 0.717) is 46.4 Å². The second-order valence-electron chi connectivity index (χ2n) is 11.0. The van der Waals surface area contributed by atoms with E-state index in [2.05, 4.69) is 16.0 Å². The number of para-hydroxylation sites is 1. The summed E-state index contributed by atoms with van der Waals surface area (Å²) in [4.78, 5) is 42.5. The summed E-state index contributed by atoms with van der Waals surface area (Å²) in [7, 11) is 1.69. The molecule has 232 valence electrons. The Labute approximate surface area is 255 Å². The van der Waals surface area contributed by atoms with Crippen molar-refractivity contribution >= 4 is 35.0 Å². The summed E-state index contributed by atoms with van der Waals surface area (Å²) < 4.78 is 17.2. The Morgan fingerprint density at radius 1 is 0.955 bits per heavy atom. The van der Waals surface area contributed by atoms with Gasteiger partial charge in [-0.05, 0) is 49.4 Å². The van der Waals surface area contributed by atoms with Gasteiger partial charge < -0.3 is 45.1 Å². The molecule has 0 aromatic heterocycles. The van der Waals surface area contributed by atoms with Gasteiger partial charge in [-0.2, -0.15) is 0 Å². The molecular formula is C32H37N5O7. The molecule has 4 N–H and O–H groups in total. The second kappa shape index (κ2) is 13.6. The molecule has 2 aliphatic rings. The first-order chi connectivity index (χ1) is 21.2. The highest BCUT2D eigenvalue weighted by molar-refractivity contribution is 6.00. The van der Waals surface area contributed by atoms with Crippen LogP contribution in [-0.4, -0.2) is 78.6 Å². The summed E-state index contributed by atoms with van der Waals surface area (Å²) in [5.41, 5.74) is 2.23. The first kappa shape index (κ1) is 30.5. The zero-order chi connectivity index (χ0) is 31.2. The van der Waals surface area contributed by atoms with E-state index in [4.69, 9.17) is 14.2 Å². The standard InChI is InChI=1S/C32H37N5O7/c1-20-16-37(21(2)18-38)30(39)14-22-13-24(33-31(40)34-25-10-12-27-28(15-25)43-19-42-27)9-11-26(22)44-29(20)17-36(3)32(41)35-23-7-5-4-6-8-23/h4-13,15,20-21,29,38H,14,16-19H2,1-3H3,(H,35,41)(H2,33,34,40)/t20-,21+,29+/m0/s1. The van der Waals surface area contributed by atoms with Crippen LogP contribution >= 0.6 is 0 Å². The molecule has 3 atom stereocenters. The third-order valence-electron chi connectivity index (χ3n) is 7.63. The highest BCUT2D eigenvalue weighted by Gasteiger charge is 2.32. The van der Waals surface area contributed by atoms with Crippen LogP contribution in [0.15, 0.2) is 66.7 Å². The van der Waals surface area contributed by atoms with E-state index < -0.39 is 18.2 Å². The minimum Gasteiger partial charge on any atom is -0.488 e. The maximum Gasteiger partial charge on any atom is 0.323 e. The number of carbonyl (C=O) groups excluding carboxylic acids is 3. The lowest BCUT2D eigenvalue weighted by Crippen LogP contribution is -2.48. The number of carbonyl (C=O) groups is 3. The molecule has 2 heterocycles. The molecule has 0 radical (unpaired) electrons. The summed E-state index contributed by atoms with van der Waals surface area (Å²) in [5.74, 6) is 1.27. The van der Waals surface area contributed by atoms with Crippen LogP contribution in [0.4, 0.5) is 26.7 Å². The maximum absolute atomic E-state index is 13.5. The average Bonchev–Trinajstić information content (AvgIpc) is 3.49. The Bertz CT molecular complexity index is 1500. The number of likely N-dealkylation sites (N-methyl/N-ethyl adjacent to an activating group) is 1. The zero-order valence-corrected chi connectivity index (χ0v) is 24.9. The SMILES string of the molecule is C[C@H](CO)N1C[C@H](C)[C@@H](CN(C)C(=O)Nc2ccccc2)Oc2ccc(NC(=O)Nc3ccc4c(c3)OCO4)cc2CC1=O. The fraction of sp³-hybridized carbons (Fsp3) is 0.344. The first-order valence-electron chi connectivity index (χ1n) is 14.4. The van der Waals surface area contributed by atoms with Crippen molar-refractivity contribution in [3.05, 3.63) is 72.3 Å². The van der Waals surface area contributed by atoms with E-state index in [0.717, 1.165) is 0 Å². The molecule has 5 rings (SSSR count). The zero-order valence-electron chi connectivity index (χ0n) is 24.9. The minimum atomic E-state index is -0.479. The van der Waals surface area contributed by atoms with Gasteiger partial charge in [-0.3, -0.25) is 4.79 Å². The van der Waals surface area contributed by atoms with Crippen molar-refractivity contribution in [1.82, 2.24) is 9.80 Å². The molecule has 0 aliphatic carbocycles. The molecule has 12 nitrogen and oxygen atoms in total. The summed E-state index contributed by atoms with van der Waals surface area (Å²) >= 11 is 0. The minimum absolute atomic E-state index is 0.00272. The Kier molecular flexibility index (Phi) is 9.39. The number of ether oxygens (including phenoxy) is 3. The number of aliphatic hydroxyl groups is 1. The van der Waals surface area contributed by atoms with Crippen molar-refractivity contribution in [2.75, 3.05) is 49.5 Å². The smallest absolute Gasteiger partial charge is 0.323 e. The van der Waals surface area contributed by atoms with Gasteiger partial charge in [0.2, 0.25) is 12.7 Å². The number of amides is 5. The molecule has 3 aromatic rings. The van der Waals surface area contributed by atoms with Gasteiger partial charge in [-0.25, -0.2) is 9.59 Å². The Hall–Kier alpha value is -4.97. The number of nitrogens with one attached hydrogen (secondary N) is 3. The van der Waals surface area contributed by atoms with Gasteiger partial charge in [0.1, 0.15) is 11.9 Å². The summed E-state index contributed by atoms with van der Waals surface area (Å²) in [6.45, 7) is 4.25. The van der Waals surface area contributed by atoms with Crippen LogP contribution in [0.1, 0.15) is 19.4 Å². The van der Waals surface area contributed by atoms with Crippen LogP contribution < -0.4 is 30.2 Å². The number of hydrogen-bond donors (Lipinski definition) is 4. The monoisotopic (exact) mass is 603 g/mol. The van der Waals surface area contributed by atoms with E-state index >= 15 is 0 Å². The molecule has 0 saturated heterocycles. The molecule has 0 saturated carbocycles. The van der Waals surface area contributed by atoms with Crippen LogP contribution in [0.3, 0.4) is 0 Å². The molecule has 0 fully saturated rings. The maximum atomic E-state index is 13.5. The number of fused-ring (bicyclic) bond motifs is 2. The molecule has 44 heavy (non-hydrogen) atoms. The highest BCUT2D eigenvalue weighted by atomic mass is 16.7. The Morgan fingerprint density at radius 3 is 2.36 bits per heavy atom. The molecule has 0 bridgehead atoms. The summed E-state index contributed by atoms with van der Waals surface area (Å²) in [5, 5.41) is 18.4. The van der Waals surface area contributed by atoms with Gasteiger partial charge in [0.25, 0.3) is 0 Å². The van der Waals surface area contributed by atoms with Gasteiger partial charge in [0.15, 0.2) is 11.5 Å². The lowest BCUT2D eigenvalue weighted by atomic mass is 10.0. The van der Waals surface area contributed by atoms with E-state index in [1.165, 1.54) is 0 Å². The number of anilines is 3. The lowest BCUT2D eigenvalue weighted by Gasteiger charge is -2.34. The van der Waals surface area contributed by atoms with Crippen LogP contribution in [-0.2, 0) is 11.2 Å². The van der Waals surface area contributed by atoms with Crippen LogP contribution in [0, 0.1) is 5.92 Å². The molecule has 5 amide bonds. The van der Waals surface area contributed by atoms with E-state index in [9.17, 15) is 19.5 Å². The summed E-state index contributed by atoms with van der Waals surface area (Å²) in [6.07, 6.45) is -0.476. The number of urea groups is 2. The van der Waals surface area contributed by atoms with Crippen molar-refractivity contribution in [3.8, 4) is 17.2 Å². The lowest BCUT2D eigenvalue weighted by molar-refractivity contribution is -0.134. The van der Waals surface area contributed by atoms with E-state index in [1.54, 1.807) is 60.2 Å². The third-order valence-corrected chi connectivity index (χ3v) is 7.63. The molecular weight excluding hydrogens is 566 g/mol. The molecule has 3 aromatic carbocycles.